The smallest absolute Gasteiger partial charge is 0.204 e. The molecule has 0 aliphatic heterocycles. The van der Waals surface area contributed by atoms with Gasteiger partial charge in [0.1, 0.15) is 0 Å². The standard InChI is InChI=1S/C8H7N/c1-2-5-8-6-3-4-7-9-8/h3-4,6-7H,1H3/p+1. The van der Waals surface area contributed by atoms with Crippen molar-refractivity contribution in [2.75, 3.05) is 0 Å². The third kappa shape index (κ3) is 1.58. The van der Waals surface area contributed by atoms with E-state index in [2.05, 4.69) is 16.8 Å². The zero-order valence-electron chi connectivity index (χ0n) is 5.31. The lowest BCUT2D eigenvalue weighted by atomic mass is 10.3. The monoisotopic (exact) mass is 118 g/mol. The second kappa shape index (κ2) is 2.88. The summed E-state index contributed by atoms with van der Waals surface area (Å²) >= 11 is 0. The fraction of sp³-hybridized carbons (Fsp3) is 0.125. The Kier molecular flexibility index (Phi) is 1.87. The highest BCUT2D eigenvalue weighted by molar-refractivity contribution is 5.20. The molecule has 44 valence electrons. The Hall–Kier alpha value is -1.29. The molecular weight excluding hydrogens is 110 g/mol. The first-order valence-electron chi connectivity index (χ1n) is 2.83. The Morgan fingerprint density at radius 3 is 2.89 bits per heavy atom. The number of rotatable bonds is 0. The highest BCUT2D eigenvalue weighted by Crippen LogP contribution is 1.82. The van der Waals surface area contributed by atoms with E-state index in [1.165, 1.54) is 0 Å². The first-order chi connectivity index (χ1) is 4.43. The minimum atomic E-state index is 0.958. The van der Waals surface area contributed by atoms with Crippen LogP contribution in [0, 0.1) is 11.8 Å². The van der Waals surface area contributed by atoms with Gasteiger partial charge in [-0.1, -0.05) is 5.92 Å². The number of aromatic nitrogens is 1. The Morgan fingerprint density at radius 1 is 1.44 bits per heavy atom. The van der Waals surface area contributed by atoms with Crippen molar-refractivity contribution in [2.45, 2.75) is 6.92 Å². The van der Waals surface area contributed by atoms with Crippen molar-refractivity contribution in [1.29, 1.82) is 0 Å². The third-order valence-corrected chi connectivity index (χ3v) is 0.969. The second-order valence-corrected chi connectivity index (χ2v) is 1.65. The van der Waals surface area contributed by atoms with Gasteiger partial charge in [-0.2, -0.15) is 0 Å². The van der Waals surface area contributed by atoms with Crippen molar-refractivity contribution in [1.82, 2.24) is 0 Å². The predicted molar refractivity (Wildman–Crippen MR) is 35.5 cm³/mol. The lowest BCUT2D eigenvalue weighted by Crippen LogP contribution is -2.04. The van der Waals surface area contributed by atoms with Gasteiger partial charge in [0, 0.05) is 18.1 Å². The average Bonchev–Trinajstić information content (AvgIpc) is 1.91. The molecule has 1 heterocycles. The van der Waals surface area contributed by atoms with Crippen LogP contribution < -0.4 is 4.98 Å². The van der Waals surface area contributed by atoms with E-state index in [4.69, 9.17) is 0 Å². The molecule has 0 saturated carbocycles. The van der Waals surface area contributed by atoms with E-state index in [-0.39, 0.29) is 0 Å². The van der Waals surface area contributed by atoms with E-state index in [9.17, 15) is 0 Å². The molecule has 0 saturated heterocycles. The van der Waals surface area contributed by atoms with E-state index in [1.54, 1.807) is 0 Å². The Morgan fingerprint density at radius 2 is 2.33 bits per heavy atom. The zero-order valence-corrected chi connectivity index (χ0v) is 5.31. The number of hydrogen-bond acceptors (Lipinski definition) is 0. The lowest BCUT2D eigenvalue weighted by molar-refractivity contribution is -0.381. The molecule has 0 unspecified atom stereocenters. The molecule has 0 aliphatic rings. The van der Waals surface area contributed by atoms with Gasteiger partial charge in [0.15, 0.2) is 6.20 Å². The normalized spacial score (nSPS) is 7.67. The summed E-state index contributed by atoms with van der Waals surface area (Å²) in [4.78, 5) is 3.00. The van der Waals surface area contributed by atoms with Crippen LogP contribution >= 0.6 is 0 Å². The van der Waals surface area contributed by atoms with Gasteiger partial charge < -0.3 is 0 Å². The molecular formula is C8H8N+. The first-order valence-corrected chi connectivity index (χ1v) is 2.83. The topological polar surface area (TPSA) is 14.1 Å². The highest BCUT2D eigenvalue weighted by atomic mass is 14.6. The quantitative estimate of drug-likeness (QED) is 0.449. The average molecular weight is 118 g/mol. The maximum Gasteiger partial charge on any atom is 0.255 e. The number of aromatic amines is 1. The van der Waals surface area contributed by atoms with Crippen LogP contribution in [-0.2, 0) is 0 Å². The van der Waals surface area contributed by atoms with Gasteiger partial charge in [-0.05, 0) is 13.0 Å². The van der Waals surface area contributed by atoms with E-state index in [0.29, 0.717) is 0 Å². The lowest BCUT2D eigenvalue weighted by Gasteiger charge is -1.75. The minimum absolute atomic E-state index is 0.958. The Balaban J connectivity index is 2.94. The maximum atomic E-state index is 3.00. The van der Waals surface area contributed by atoms with Crippen molar-refractivity contribution < 1.29 is 4.98 Å². The molecule has 0 atom stereocenters. The fourth-order valence-electron chi connectivity index (χ4n) is 0.606. The number of nitrogens with one attached hydrogen (secondary N) is 1. The van der Waals surface area contributed by atoms with Gasteiger partial charge in [-0.25, -0.2) is 4.98 Å². The summed E-state index contributed by atoms with van der Waals surface area (Å²) in [5.41, 5.74) is 0.958. The van der Waals surface area contributed by atoms with Crippen LogP contribution in [0.15, 0.2) is 24.4 Å². The summed E-state index contributed by atoms with van der Waals surface area (Å²) in [5.74, 6) is 5.70. The summed E-state index contributed by atoms with van der Waals surface area (Å²) < 4.78 is 0. The Labute approximate surface area is 54.7 Å². The van der Waals surface area contributed by atoms with Gasteiger partial charge >= 0.3 is 0 Å². The van der Waals surface area contributed by atoms with Crippen LogP contribution in [0.1, 0.15) is 12.6 Å². The van der Waals surface area contributed by atoms with Gasteiger partial charge in [0.2, 0.25) is 0 Å². The van der Waals surface area contributed by atoms with E-state index < -0.39 is 0 Å². The number of pyridine rings is 1. The van der Waals surface area contributed by atoms with Crippen LogP contribution in [0.4, 0.5) is 0 Å². The molecule has 1 nitrogen and oxygen atoms in total. The van der Waals surface area contributed by atoms with Crippen molar-refractivity contribution in [3.63, 3.8) is 0 Å². The molecule has 1 aromatic rings. The van der Waals surface area contributed by atoms with Gasteiger partial charge in [0.05, 0.1) is 0 Å². The molecule has 1 aromatic heterocycles. The number of H-pyrrole nitrogens is 1. The van der Waals surface area contributed by atoms with Crippen LogP contribution in [0.25, 0.3) is 0 Å². The summed E-state index contributed by atoms with van der Waals surface area (Å²) in [6.45, 7) is 1.82. The highest BCUT2D eigenvalue weighted by Gasteiger charge is 1.87. The molecule has 0 spiro atoms. The largest absolute Gasteiger partial charge is 0.255 e. The molecule has 0 aromatic carbocycles. The van der Waals surface area contributed by atoms with Crippen LogP contribution in [-0.4, -0.2) is 0 Å². The van der Waals surface area contributed by atoms with Gasteiger partial charge in [0.25, 0.3) is 5.69 Å². The fourth-order valence-corrected chi connectivity index (χ4v) is 0.606. The van der Waals surface area contributed by atoms with E-state index in [0.717, 1.165) is 5.69 Å². The predicted octanol–water partition coefficient (Wildman–Crippen LogP) is 0.872. The van der Waals surface area contributed by atoms with E-state index >= 15 is 0 Å². The summed E-state index contributed by atoms with van der Waals surface area (Å²) in [6.07, 6.45) is 1.86. The van der Waals surface area contributed by atoms with Crippen molar-refractivity contribution in [3.8, 4) is 11.8 Å². The van der Waals surface area contributed by atoms with E-state index in [1.807, 2.05) is 31.3 Å². The van der Waals surface area contributed by atoms with Crippen molar-refractivity contribution in [3.05, 3.63) is 30.1 Å². The molecule has 0 bridgehead atoms. The molecule has 0 radical (unpaired) electrons. The van der Waals surface area contributed by atoms with Crippen LogP contribution in [0.2, 0.25) is 0 Å². The molecule has 0 amide bonds. The van der Waals surface area contributed by atoms with Crippen LogP contribution in [0.5, 0.6) is 0 Å². The summed E-state index contributed by atoms with van der Waals surface area (Å²) in [7, 11) is 0. The zero-order chi connectivity index (χ0) is 6.53. The van der Waals surface area contributed by atoms with Crippen LogP contribution in [0.3, 0.4) is 0 Å². The first kappa shape index (κ1) is 5.84. The molecule has 0 aliphatic carbocycles. The molecule has 9 heavy (non-hydrogen) atoms. The number of hydrogen-bond donors (Lipinski definition) is 0. The van der Waals surface area contributed by atoms with Crippen molar-refractivity contribution >= 4 is 0 Å². The Bertz CT molecular complexity index is 228. The summed E-state index contributed by atoms with van der Waals surface area (Å²) in [5, 5.41) is 0. The molecule has 1 N–H and O–H groups in total. The van der Waals surface area contributed by atoms with Gasteiger partial charge in [-0.15, -0.1) is 0 Å². The molecule has 0 fully saturated rings. The molecule has 1 rings (SSSR count). The molecule has 1 heteroatoms. The minimum Gasteiger partial charge on any atom is -0.204 e. The third-order valence-electron chi connectivity index (χ3n) is 0.969. The maximum absolute atomic E-state index is 3.00. The van der Waals surface area contributed by atoms with Gasteiger partial charge in [-0.3, -0.25) is 0 Å². The van der Waals surface area contributed by atoms with Crippen molar-refractivity contribution in [2.24, 2.45) is 0 Å². The SMILES string of the molecule is CC#Cc1cccc[nH+]1. The second-order valence-electron chi connectivity index (χ2n) is 1.65. The summed E-state index contributed by atoms with van der Waals surface area (Å²) in [6, 6.07) is 5.83.